The molecule has 1 aliphatic heterocycles. The Bertz CT molecular complexity index is 1010. The molecular formula is C24H25NO5. The molecule has 0 aromatic heterocycles. The number of Topliss-reactive ketones (excluding diaryl/α,β-unsaturated/α-hetero) is 1. The molecule has 4 rings (SSSR count). The third-order valence-corrected chi connectivity index (χ3v) is 5.93. The third kappa shape index (κ3) is 3.54. The number of carbonyl (C=O) groups excluding carboxylic acids is 2. The summed E-state index contributed by atoms with van der Waals surface area (Å²) in [7, 11) is 4.77. The normalized spacial score (nSPS) is 21.0. The molecular weight excluding hydrogens is 382 g/mol. The molecule has 2 aromatic carbocycles. The van der Waals surface area contributed by atoms with Crippen LogP contribution >= 0.6 is 0 Å². The van der Waals surface area contributed by atoms with E-state index >= 15 is 0 Å². The first-order valence-electron chi connectivity index (χ1n) is 9.96. The van der Waals surface area contributed by atoms with Crippen molar-refractivity contribution in [1.82, 2.24) is 5.32 Å². The summed E-state index contributed by atoms with van der Waals surface area (Å²) < 4.78 is 16.2. The smallest absolute Gasteiger partial charge is 0.225 e. The number of ketones is 1. The number of hydrogen-bond acceptors (Lipinski definition) is 5. The van der Waals surface area contributed by atoms with Gasteiger partial charge in [0.25, 0.3) is 0 Å². The van der Waals surface area contributed by atoms with Crippen LogP contribution in [0.25, 0.3) is 0 Å². The fourth-order valence-corrected chi connectivity index (χ4v) is 4.52. The van der Waals surface area contributed by atoms with Gasteiger partial charge in [0.2, 0.25) is 5.91 Å². The summed E-state index contributed by atoms with van der Waals surface area (Å²) in [5.74, 6) is 1.58. The van der Waals surface area contributed by atoms with Gasteiger partial charge >= 0.3 is 0 Å². The van der Waals surface area contributed by atoms with Crippen molar-refractivity contribution in [2.24, 2.45) is 0 Å². The summed E-state index contributed by atoms with van der Waals surface area (Å²) in [6.45, 7) is 0. The van der Waals surface area contributed by atoms with Crippen molar-refractivity contribution in [2.45, 2.75) is 31.1 Å². The first-order valence-corrected chi connectivity index (χ1v) is 9.96. The maximum Gasteiger partial charge on any atom is 0.225 e. The SMILES string of the molecule is COc1ccc([C@H]2CC(=O)C3=C(C2)NC(=O)C[C@H]3c2cccc(OC)c2OC)cc1. The van der Waals surface area contributed by atoms with Crippen LogP contribution in [-0.4, -0.2) is 33.0 Å². The molecule has 1 heterocycles. The maximum absolute atomic E-state index is 13.3. The number of ether oxygens (including phenoxy) is 3. The molecule has 0 unspecified atom stereocenters. The van der Waals surface area contributed by atoms with Crippen molar-refractivity contribution in [3.63, 3.8) is 0 Å². The zero-order valence-corrected chi connectivity index (χ0v) is 17.4. The lowest BCUT2D eigenvalue weighted by Gasteiger charge is -2.35. The number of benzene rings is 2. The quantitative estimate of drug-likeness (QED) is 0.818. The summed E-state index contributed by atoms with van der Waals surface area (Å²) in [6, 6.07) is 13.3. The topological polar surface area (TPSA) is 73.9 Å². The van der Waals surface area contributed by atoms with Gasteiger partial charge in [-0.2, -0.15) is 0 Å². The monoisotopic (exact) mass is 407 g/mol. The third-order valence-electron chi connectivity index (χ3n) is 5.93. The second-order valence-corrected chi connectivity index (χ2v) is 7.58. The number of allylic oxidation sites excluding steroid dienone is 2. The van der Waals surface area contributed by atoms with E-state index in [1.165, 1.54) is 0 Å². The predicted octanol–water partition coefficient (Wildman–Crippen LogP) is 3.72. The van der Waals surface area contributed by atoms with Crippen LogP contribution in [0.1, 0.15) is 42.2 Å². The Morgan fingerprint density at radius 3 is 2.30 bits per heavy atom. The highest BCUT2D eigenvalue weighted by Gasteiger charge is 2.39. The van der Waals surface area contributed by atoms with E-state index in [2.05, 4.69) is 5.32 Å². The van der Waals surface area contributed by atoms with Crippen molar-refractivity contribution in [2.75, 3.05) is 21.3 Å². The zero-order valence-electron chi connectivity index (χ0n) is 17.4. The maximum atomic E-state index is 13.3. The summed E-state index contributed by atoms with van der Waals surface area (Å²) in [5, 5.41) is 2.96. The van der Waals surface area contributed by atoms with Crippen LogP contribution in [0.2, 0.25) is 0 Å². The van der Waals surface area contributed by atoms with Crippen LogP contribution in [0.15, 0.2) is 53.7 Å². The molecule has 0 saturated carbocycles. The van der Waals surface area contributed by atoms with Gasteiger partial charge in [-0.3, -0.25) is 9.59 Å². The fraction of sp³-hybridized carbons (Fsp3) is 0.333. The molecule has 6 nitrogen and oxygen atoms in total. The summed E-state index contributed by atoms with van der Waals surface area (Å²) in [6.07, 6.45) is 1.23. The van der Waals surface area contributed by atoms with Crippen molar-refractivity contribution in [3.8, 4) is 17.2 Å². The van der Waals surface area contributed by atoms with Crippen LogP contribution in [0, 0.1) is 0 Å². The van der Waals surface area contributed by atoms with E-state index in [1.54, 1.807) is 21.3 Å². The number of hydrogen-bond donors (Lipinski definition) is 1. The van der Waals surface area contributed by atoms with Crippen LogP contribution in [-0.2, 0) is 9.59 Å². The van der Waals surface area contributed by atoms with Gasteiger partial charge in [0, 0.05) is 35.6 Å². The van der Waals surface area contributed by atoms with Gasteiger partial charge in [0.1, 0.15) is 5.75 Å². The van der Waals surface area contributed by atoms with E-state index in [4.69, 9.17) is 14.2 Å². The molecule has 0 fully saturated rings. The molecule has 1 N–H and O–H groups in total. The molecule has 0 spiro atoms. The van der Waals surface area contributed by atoms with Gasteiger partial charge in [-0.05, 0) is 36.1 Å². The first kappa shape index (κ1) is 20.0. The Labute approximate surface area is 175 Å². The van der Waals surface area contributed by atoms with E-state index in [9.17, 15) is 9.59 Å². The van der Waals surface area contributed by atoms with Gasteiger partial charge in [-0.15, -0.1) is 0 Å². The lowest BCUT2D eigenvalue weighted by atomic mass is 9.73. The van der Waals surface area contributed by atoms with E-state index in [0.29, 0.717) is 29.9 Å². The molecule has 0 bridgehead atoms. The van der Waals surface area contributed by atoms with E-state index in [1.807, 2.05) is 42.5 Å². The highest BCUT2D eigenvalue weighted by molar-refractivity contribution is 6.02. The molecule has 2 atom stereocenters. The molecule has 2 aromatic rings. The van der Waals surface area contributed by atoms with Crippen LogP contribution in [0.4, 0.5) is 0 Å². The van der Waals surface area contributed by atoms with Gasteiger partial charge in [-0.1, -0.05) is 24.3 Å². The van der Waals surface area contributed by atoms with Crippen LogP contribution in [0.5, 0.6) is 17.2 Å². The van der Waals surface area contributed by atoms with Gasteiger partial charge in [-0.25, -0.2) is 0 Å². The summed E-state index contributed by atoms with van der Waals surface area (Å²) in [5.41, 5.74) is 3.27. The number of rotatable bonds is 5. The van der Waals surface area contributed by atoms with Crippen molar-refractivity contribution < 1.29 is 23.8 Å². The lowest BCUT2D eigenvalue weighted by molar-refractivity contribution is -0.122. The number of amides is 1. The van der Waals surface area contributed by atoms with E-state index < -0.39 is 0 Å². The first-order chi connectivity index (χ1) is 14.5. The average molecular weight is 407 g/mol. The predicted molar refractivity (Wildman–Crippen MR) is 112 cm³/mol. The average Bonchev–Trinajstić information content (AvgIpc) is 2.77. The van der Waals surface area contributed by atoms with Crippen LogP contribution in [0.3, 0.4) is 0 Å². The molecule has 30 heavy (non-hydrogen) atoms. The van der Waals surface area contributed by atoms with Crippen molar-refractivity contribution in [3.05, 3.63) is 64.9 Å². The van der Waals surface area contributed by atoms with E-state index in [0.717, 1.165) is 22.6 Å². The van der Waals surface area contributed by atoms with Gasteiger partial charge in [0.15, 0.2) is 17.3 Å². The standard InChI is InChI=1S/C24H25NO5/c1-28-16-9-7-14(8-10-16)15-11-19-23(20(26)12-15)18(13-22(27)25-19)17-5-4-6-21(29-2)24(17)30-3/h4-10,15,18H,11-13H2,1-3H3,(H,25,27)/t15-,18+/m1/s1. The Kier molecular flexibility index (Phi) is 5.48. The lowest BCUT2D eigenvalue weighted by Crippen LogP contribution is -2.38. The number of para-hydroxylation sites is 1. The van der Waals surface area contributed by atoms with Gasteiger partial charge in [0.05, 0.1) is 21.3 Å². The minimum absolute atomic E-state index is 0.0217. The highest BCUT2D eigenvalue weighted by atomic mass is 16.5. The number of carbonyl (C=O) groups is 2. The molecule has 1 amide bonds. The fourth-order valence-electron chi connectivity index (χ4n) is 4.52. The second-order valence-electron chi connectivity index (χ2n) is 7.58. The zero-order chi connectivity index (χ0) is 21.3. The number of methoxy groups -OCH3 is 3. The molecule has 0 radical (unpaired) electrons. The summed E-state index contributed by atoms with van der Waals surface area (Å²) in [4.78, 5) is 25.8. The molecule has 0 saturated heterocycles. The second kappa shape index (κ2) is 8.22. The minimum atomic E-state index is -0.344. The molecule has 1 aliphatic carbocycles. The van der Waals surface area contributed by atoms with Gasteiger partial charge < -0.3 is 19.5 Å². The van der Waals surface area contributed by atoms with Crippen molar-refractivity contribution >= 4 is 11.7 Å². The van der Waals surface area contributed by atoms with Crippen molar-refractivity contribution in [1.29, 1.82) is 0 Å². The minimum Gasteiger partial charge on any atom is -0.497 e. The molecule has 6 heteroatoms. The Hall–Kier alpha value is -3.28. The van der Waals surface area contributed by atoms with Crippen LogP contribution < -0.4 is 19.5 Å². The highest BCUT2D eigenvalue weighted by Crippen LogP contribution is 2.46. The Morgan fingerprint density at radius 1 is 0.867 bits per heavy atom. The Morgan fingerprint density at radius 2 is 1.63 bits per heavy atom. The summed E-state index contributed by atoms with van der Waals surface area (Å²) >= 11 is 0. The van der Waals surface area contributed by atoms with E-state index in [-0.39, 0.29) is 29.9 Å². The molecule has 2 aliphatic rings. The number of nitrogens with one attached hydrogen (secondary N) is 1. The largest absolute Gasteiger partial charge is 0.497 e. The Balaban J connectivity index is 1.73. The molecule has 156 valence electrons.